The Kier molecular flexibility index (Phi) is 5.78. The van der Waals surface area contributed by atoms with Crippen molar-refractivity contribution in [3.63, 3.8) is 0 Å². The maximum Gasteiger partial charge on any atom is 0.155 e. The topological polar surface area (TPSA) is 60.9 Å². The van der Waals surface area contributed by atoms with E-state index in [0.717, 1.165) is 25.7 Å². The first kappa shape index (κ1) is 12.9. The van der Waals surface area contributed by atoms with Crippen molar-refractivity contribution < 1.29 is 4.79 Å². The second kappa shape index (κ2) is 7.17. The van der Waals surface area contributed by atoms with E-state index in [4.69, 9.17) is 5.73 Å². The van der Waals surface area contributed by atoms with E-state index in [9.17, 15) is 4.79 Å². The van der Waals surface area contributed by atoms with Crippen LogP contribution >= 0.6 is 0 Å². The second-order valence-corrected chi connectivity index (χ2v) is 4.12. The van der Waals surface area contributed by atoms with E-state index in [1.165, 1.54) is 0 Å². The van der Waals surface area contributed by atoms with Gasteiger partial charge in [-0.3, -0.25) is 4.79 Å². The number of hydrogen-bond acceptors (Lipinski definition) is 3. The molecule has 0 radical (unpaired) electrons. The third-order valence-electron chi connectivity index (χ3n) is 2.75. The Hall–Kier alpha value is -1.16. The lowest BCUT2D eigenvalue weighted by Gasteiger charge is -2.14. The summed E-state index contributed by atoms with van der Waals surface area (Å²) in [7, 11) is 0. The van der Waals surface area contributed by atoms with E-state index >= 15 is 0 Å². The number of Topliss-reactive ketones (excluding diaryl/α,β-unsaturated/α-hetero) is 1. The van der Waals surface area contributed by atoms with Crippen LogP contribution in [0.3, 0.4) is 0 Å². The van der Waals surface area contributed by atoms with Crippen molar-refractivity contribution in [3.05, 3.63) is 18.7 Å². The molecule has 0 aromatic carbocycles. The van der Waals surface area contributed by atoms with Gasteiger partial charge in [0.25, 0.3) is 0 Å². The van der Waals surface area contributed by atoms with Crippen molar-refractivity contribution in [1.82, 2.24) is 9.55 Å². The maximum atomic E-state index is 12.0. The molecule has 1 rings (SSSR count). The average molecular weight is 223 g/mol. The molecule has 2 N–H and O–H groups in total. The van der Waals surface area contributed by atoms with Gasteiger partial charge < -0.3 is 10.3 Å². The highest BCUT2D eigenvalue weighted by atomic mass is 16.1. The van der Waals surface area contributed by atoms with Crippen LogP contribution in [0, 0.1) is 5.92 Å². The van der Waals surface area contributed by atoms with Crippen molar-refractivity contribution >= 4 is 5.78 Å². The lowest BCUT2D eigenvalue weighted by molar-refractivity contribution is -0.123. The van der Waals surface area contributed by atoms with E-state index in [0.29, 0.717) is 18.9 Å². The summed E-state index contributed by atoms with van der Waals surface area (Å²) < 4.78 is 1.83. The molecule has 0 bridgehead atoms. The van der Waals surface area contributed by atoms with Crippen molar-refractivity contribution in [1.29, 1.82) is 0 Å². The van der Waals surface area contributed by atoms with E-state index in [1.54, 1.807) is 12.5 Å². The zero-order valence-electron chi connectivity index (χ0n) is 9.93. The standard InChI is InChI=1S/C12H21N3O/c1-2-4-11(5-3-6-13)12(16)9-15-8-7-14-10-15/h7-8,10-11H,2-6,9,13H2,1H3. The Morgan fingerprint density at radius 3 is 2.88 bits per heavy atom. The molecule has 0 fully saturated rings. The molecule has 1 aromatic heterocycles. The Morgan fingerprint density at radius 2 is 2.31 bits per heavy atom. The summed E-state index contributed by atoms with van der Waals surface area (Å²) in [5.74, 6) is 0.462. The van der Waals surface area contributed by atoms with Crippen LogP contribution in [-0.4, -0.2) is 21.9 Å². The molecule has 0 saturated carbocycles. The van der Waals surface area contributed by atoms with Crippen LogP contribution in [0.15, 0.2) is 18.7 Å². The Bertz CT molecular complexity index is 295. The predicted molar refractivity (Wildman–Crippen MR) is 63.9 cm³/mol. The van der Waals surface area contributed by atoms with Gasteiger partial charge in [-0.15, -0.1) is 0 Å². The molecule has 0 aliphatic rings. The van der Waals surface area contributed by atoms with Crippen LogP contribution in [0.5, 0.6) is 0 Å². The van der Waals surface area contributed by atoms with Gasteiger partial charge in [0.2, 0.25) is 0 Å². The monoisotopic (exact) mass is 223 g/mol. The molecule has 0 spiro atoms. The molecule has 4 nitrogen and oxygen atoms in total. The number of carbonyl (C=O) groups excluding carboxylic acids is 1. The smallest absolute Gasteiger partial charge is 0.155 e. The molecule has 0 aliphatic carbocycles. The van der Waals surface area contributed by atoms with E-state index in [2.05, 4.69) is 11.9 Å². The van der Waals surface area contributed by atoms with Gasteiger partial charge in [-0.1, -0.05) is 13.3 Å². The molecule has 1 unspecified atom stereocenters. The highest BCUT2D eigenvalue weighted by molar-refractivity contribution is 5.80. The van der Waals surface area contributed by atoms with Gasteiger partial charge in [0.15, 0.2) is 5.78 Å². The van der Waals surface area contributed by atoms with Crippen molar-refractivity contribution in [2.75, 3.05) is 6.54 Å². The fourth-order valence-electron chi connectivity index (χ4n) is 1.87. The molecular weight excluding hydrogens is 202 g/mol. The minimum Gasteiger partial charge on any atom is -0.330 e. The fourth-order valence-corrected chi connectivity index (χ4v) is 1.87. The number of hydrogen-bond donors (Lipinski definition) is 1. The lowest BCUT2D eigenvalue weighted by atomic mass is 9.93. The summed E-state index contributed by atoms with van der Waals surface area (Å²) in [6.45, 7) is 3.22. The number of aromatic nitrogens is 2. The van der Waals surface area contributed by atoms with Gasteiger partial charge >= 0.3 is 0 Å². The highest BCUT2D eigenvalue weighted by Gasteiger charge is 2.16. The number of nitrogens with two attached hydrogens (primary N) is 1. The van der Waals surface area contributed by atoms with Crippen LogP contribution in [0.1, 0.15) is 32.6 Å². The molecule has 0 amide bonds. The number of nitrogens with zero attached hydrogens (tertiary/aromatic N) is 2. The zero-order valence-corrected chi connectivity index (χ0v) is 9.93. The number of carbonyl (C=O) groups is 1. The Morgan fingerprint density at radius 1 is 1.50 bits per heavy atom. The molecule has 1 aromatic rings. The van der Waals surface area contributed by atoms with Crippen molar-refractivity contribution in [2.24, 2.45) is 11.7 Å². The summed E-state index contributed by atoms with van der Waals surface area (Å²) in [5, 5.41) is 0. The molecule has 90 valence electrons. The van der Waals surface area contributed by atoms with Crippen molar-refractivity contribution in [3.8, 4) is 0 Å². The van der Waals surface area contributed by atoms with Gasteiger partial charge in [0, 0.05) is 18.3 Å². The molecule has 0 aliphatic heterocycles. The second-order valence-electron chi connectivity index (χ2n) is 4.12. The minimum atomic E-state index is 0.163. The van der Waals surface area contributed by atoms with Crippen LogP contribution in [0.2, 0.25) is 0 Å². The molecule has 4 heteroatoms. The predicted octanol–water partition coefficient (Wildman–Crippen LogP) is 1.61. The molecule has 1 atom stereocenters. The first-order valence-corrected chi connectivity index (χ1v) is 5.96. The molecule has 1 heterocycles. The summed E-state index contributed by atoms with van der Waals surface area (Å²) >= 11 is 0. The third kappa shape index (κ3) is 4.14. The third-order valence-corrected chi connectivity index (χ3v) is 2.75. The first-order valence-electron chi connectivity index (χ1n) is 5.96. The quantitative estimate of drug-likeness (QED) is 0.728. The van der Waals surface area contributed by atoms with Gasteiger partial charge in [0.05, 0.1) is 12.9 Å². The SMILES string of the molecule is CCCC(CCCN)C(=O)Cn1ccnc1. The number of ketones is 1. The van der Waals surface area contributed by atoms with E-state index < -0.39 is 0 Å². The molecule has 16 heavy (non-hydrogen) atoms. The Balaban J connectivity index is 2.46. The minimum absolute atomic E-state index is 0.163. The van der Waals surface area contributed by atoms with Gasteiger partial charge in [-0.2, -0.15) is 0 Å². The molecular formula is C12H21N3O. The Labute approximate surface area is 96.9 Å². The number of imidazole rings is 1. The summed E-state index contributed by atoms with van der Waals surface area (Å²) in [6.07, 6.45) is 9.06. The lowest BCUT2D eigenvalue weighted by Crippen LogP contribution is -2.20. The summed E-state index contributed by atoms with van der Waals surface area (Å²) in [5.41, 5.74) is 5.48. The van der Waals surface area contributed by atoms with Crippen LogP contribution in [0.25, 0.3) is 0 Å². The zero-order chi connectivity index (χ0) is 11.8. The number of rotatable bonds is 8. The first-order chi connectivity index (χ1) is 7.77. The van der Waals surface area contributed by atoms with Crippen LogP contribution in [-0.2, 0) is 11.3 Å². The van der Waals surface area contributed by atoms with Crippen LogP contribution < -0.4 is 5.73 Å². The van der Waals surface area contributed by atoms with Gasteiger partial charge in [-0.05, 0) is 25.8 Å². The van der Waals surface area contributed by atoms with Gasteiger partial charge in [0.1, 0.15) is 0 Å². The van der Waals surface area contributed by atoms with Crippen molar-refractivity contribution in [2.45, 2.75) is 39.2 Å². The summed E-state index contributed by atoms with van der Waals surface area (Å²) in [6, 6.07) is 0. The average Bonchev–Trinajstić information content (AvgIpc) is 2.76. The van der Waals surface area contributed by atoms with Gasteiger partial charge in [-0.25, -0.2) is 4.98 Å². The normalized spacial score (nSPS) is 12.6. The van der Waals surface area contributed by atoms with E-state index in [-0.39, 0.29) is 5.92 Å². The summed E-state index contributed by atoms with van der Waals surface area (Å²) in [4.78, 5) is 16.0. The van der Waals surface area contributed by atoms with E-state index in [1.807, 2.05) is 10.8 Å². The maximum absolute atomic E-state index is 12.0. The fraction of sp³-hybridized carbons (Fsp3) is 0.667. The highest BCUT2D eigenvalue weighted by Crippen LogP contribution is 2.15. The molecule has 0 saturated heterocycles. The van der Waals surface area contributed by atoms with Crippen LogP contribution in [0.4, 0.5) is 0 Å². The largest absolute Gasteiger partial charge is 0.330 e.